The highest BCUT2D eigenvalue weighted by atomic mass is 16.5. The van der Waals surface area contributed by atoms with Crippen LogP contribution in [-0.2, 0) is 9.53 Å². The van der Waals surface area contributed by atoms with Gasteiger partial charge in [-0.25, -0.2) is 0 Å². The topological polar surface area (TPSA) is 26.3 Å². The molecule has 114 valence electrons. The minimum absolute atomic E-state index is 0.0711. The molecular formula is C20H22O2. The number of hydrogen-bond donors (Lipinski definition) is 0. The van der Waals surface area contributed by atoms with Gasteiger partial charge in [-0.05, 0) is 47.2 Å². The highest BCUT2D eigenvalue weighted by molar-refractivity contribution is 5.84. The molecule has 0 spiro atoms. The lowest BCUT2D eigenvalue weighted by Crippen LogP contribution is -2.06. The van der Waals surface area contributed by atoms with Crippen molar-refractivity contribution < 1.29 is 9.53 Å². The van der Waals surface area contributed by atoms with Crippen LogP contribution in [0.25, 0.3) is 16.8 Å². The molecule has 0 amide bonds. The first kappa shape index (κ1) is 14.8. The maximum absolute atomic E-state index is 11.7. The molecule has 0 aromatic heterocycles. The summed E-state index contributed by atoms with van der Waals surface area (Å²) in [5.74, 6) is 0.708. The molecule has 0 heterocycles. The Labute approximate surface area is 131 Å². The Balaban J connectivity index is 1.56. The number of fused-ring (bicyclic) bond motifs is 1. The number of ether oxygens (including phenoxy) is 1. The van der Waals surface area contributed by atoms with Crippen LogP contribution in [0.2, 0.25) is 0 Å². The molecule has 0 bridgehead atoms. The van der Waals surface area contributed by atoms with Crippen molar-refractivity contribution >= 4 is 22.8 Å². The van der Waals surface area contributed by atoms with Gasteiger partial charge in [-0.2, -0.15) is 0 Å². The minimum Gasteiger partial charge on any atom is -0.461 e. The Morgan fingerprint density at radius 1 is 1.18 bits per heavy atom. The van der Waals surface area contributed by atoms with Gasteiger partial charge in [0, 0.05) is 6.42 Å². The van der Waals surface area contributed by atoms with Gasteiger partial charge >= 0.3 is 5.97 Å². The van der Waals surface area contributed by atoms with E-state index in [1.807, 2.05) is 19.1 Å². The quantitative estimate of drug-likeness (QED) is 0.703. The smallest absolute Gasteiger partial charge is 0.306 e. The minimum atomic E-state index is -0.0711. The maximum Gasteiger partial charge on any atom is 0.306 e. The van der Waals surface area contributed by atoms with E-state index in [0.717, 1.165) is 23.5 Å². The second-order valence-electron chi connectivity index (χ2n) is 6.24. The zero-order valence-corrected chi connectivity index (χ0v) is 13.0. The second kappa shape index (κ2) is 6.78. The molecule has 0 unspecified atom stereocenters. The monoisotopic (exact) mass is 294 g/mol. The molecule has 1 aliphatic carbocycles. The zero-order valence-electron chi connectivity index (χ0n) is 13.0. The molecule has 22 heavy (non-hydrogen) atoms. The van der Waals surface area contributed by atoms with Crippen LogP contribution in [0, 0.1) is 5.92 Å². The van der Waals surface area contributed by atoms with Crippen molar-refractivity contribution in [3.8, 4) is 0 Å². The summed E-state index contributed by atoms with van der Waals surface area (Å²) in [4.78, 5) is 11.7. The van der Waals surface area contributed by atoms with Gasteiger partial charge in [0.1, 0.15) is 6.61 Å². The largest absolute Gasteiger partial charge is 0.461 e. The molecule has 3 rings (SSSR count). The molecule has 2 aromatic carbocycles. The third-order valence-corrected chi connectivity index (χ3v) is 4.10. The Morgan fingerprint density at radius 2 is 1.95 bits per heavy atom. The number of rotatable bonds is 6. The van der Waals surface area contributed by atoms with E-state index < -0.39 is 0 Å². The summed E-state index contributed by atoms with van der Waals surface area (Å²) >= 11 is 0. The van der Waals surface area contributed by atoms with Crippen molar-refractivity contribution in [2.75, 3.05) is 6.61 Å². The third kappa shape index (κ3) is 4.20. The van der Waals surface area contributed by atoms with E-state index in [1.165, 1.54) is 23.6 Å². The van der Waals surface area contributed by atoms with Crippen LogP contribution in [0.15, 0.2) is 48.0 Å². The van der Waals surface area contributed by atoms with Crippen LogP contribution >= 0.6 is 0 Å². The zero-order chi connectivity index (χ0) is 15.4. The molecule has 1 fully saturated rings. The van der Waals surface area contributed by atoms with Crippen LogP contribution in [0.5, 0.6) is 0 Å². The predicted octanol–water partition coefficient (Wildman–Crippen LogP) is 4.98. The summed E-state index contributed by atoms with van der Waals surface area (Å²) in [6, 6.07) is 14.7. The third-order valence-electron chi connectivity index (χ3n) is 4.10. The van der Waals surface area contributed by atoms with Gasteiger partial charge in [0.25, 0.3) is 0 Å². The van der Waals surface area contributed by atoms with Gasteiger partial charge in [-0.15, -0.1) is 0 Å². The van der Waals surface area contributed by atoms with E-state index in [9.17, 15) is 4.79 Å². The normalized spacial score (nSPS) is 15.0. The standard InChI is InChI=1S/C20H22O2/c1-15(14-22-20(21)11-9-16-6-7-16)12-17-8-10-18-4-2-3-5-19(18)13-17/h2-5,8,10,12-13,16H,6-7,9,11,14H2,1H3/b15-12+. The molecule has 0 radical (unpaired) electrons. The summed E-state index contributed by atoms with van der Waals surface area (Å²) < 4.78 is 5.33. The Morgan fingerprint density at radius 3 is 2.73 bits per heavy atom. The molecule has 2 heteroatoms. The molecule has 1 saturated carbocycles. The van der Waals surface area contributed by atoms with Crippen molar-refractivity contribution in [1.29, 1.82) is 0 Å². The Kier molecular flexibility index (Phi) is 4.57. The van der Waals surface area contributed by atoms with Crippen LogP contribution in [-0.4, -0.2) is 12.6 Å². The molecule has 0 saturated heterocycles. The molecule has 0 atom stereocenters. The molecule has 0 aliphatic heterocycles. The van der Waals surface area contributed by atoms with Gasteiger partial charge in [-0.3, -0.25) is 4.79 Å². The number of benzene rings is 2. The van der Waals surface area contributed by atoms with Crippen molar-refractivity contribution in [2.24, 2.45) is 5.92 Å². The van der Waals surface area contributed by atoms with Gasteiger partial charge < -0.3 is 4.74 Å². The van der Waals surface area contributed by atoms with Crippen molar-refractivity contribution in [3.05, 3.63) is 53.6 Å². The van der Waals surface area contributed by atoms with E-state index in [4.69, 9.17) is 4.74 Å². The lowest BCUT2D eigenvalue weighted by molar-refractivity contribution is -0.142. The fourth-order valence-electron chi connectivity index (χ4n) is 2.62. The van der Waals surface area contributed by atoms with E-state index >= 15 is 0 Å². The summed E-state index contributed by atoms with van der Waals surface area (Å²) in [6.07, 6.45) is 6.21. The SMILES string of the molecule is C/C(=C\c1ccc2ccccc2c1)COC(=O)CCC1CC1. The van der Waals surface area contributed by atoms with Gasteiger partial charge in [0.05, 0.1) is 0 Å². The summed E-state index contributed by atoms with van der Waals surface area (Å²) in [5.41, 5.74) is 2.21. The van der Waals surface area contributed by atoms with Gasteiger partial charge in [-0.1, -0.05) is 55.3 Å². The van der Waals surface area contributed by atoms with E-state index in [2.05, 4.69) is 36.4 Å². The van der Waals surface area contributed by atoms with Crippen LogP contribution in [0.4, 0.5) is 0 Å². The van der Waals surface area contributed by atoms with Crippen LogP contribution in [0.1, 0.15) is 38.2 Å². The first-order valence-corrected chi connectivity index (χ1v) is 8.02. The molecular weight excluding hydrogens is 272 g/mol. The Hall–Kier alpha value is -2.09. The van der Waals surface area contributed by atoms with Crippen LogP contribution in [0.3, 0.4) is 0 Å². The molecule has 2 aromatic rings. The second-order valence-corrected chi connectivity index (χ2v) is 6.24. The van der Waals surface area contributed by atoms with Crippen molar-refractivity contribution in [1.82, 2.24) is 0 Å². The predicted molar refractivity (Wildman–Crippen MR) is 90.5 cm³/mol. The van der Waals surface area contributed by atoms with E-state index in [0.29, 0.717) is 13.0 Å². The average molecular weight is 294 g/mol. The fourth-order valence-corrected chi connectivity index (χ4v) is 2.62. The highest BCUT2D eigenvalue weighted by Gasteiger charge is 2.22. The fraction of sp³-hybridized carbons (Fsp3) is 0.350. The highest BCUT2D eigenvalue weighted by Crippen LogP contribution is 2.33. The summed E-state index contributed by atoms with van der Waals surface area (Å²) in [5, 5.41) is 2.47. The Bertz CT molecular complexity index is 696. The maximum atomic E-state index is 11.7. The van der Waals surface area contributed by atoms with Crippen molar-refractivity contribution in [3.63, 3.8) is 0 Å². The first-order chi connectivity index (χ1) is 10.7. The number of carbonyl (C=O) groups is 1. The lowest BCUT2D eigenvalue weighted by Gasteiger charge is -2.06. The summed E-state index contributed by atoms with van der Waals surface area (Å²) in [7, 11) is 0. The number of esters is 1. The first-order valence-electron chi connectivity index (χ1n) is 8.02. The van der Waals surface area contributed by atoms with E-state index in [1.54, 1.807) is 0 Å². The average Bonchev–Trinajstić information content (AvgIpc) is 3.35. The number of carbonyl (C=O) groups excluding carboxylic acids is 1. The van der Waals surface area contributed by atoms with Gasteiger partial charge in [0.2, 0.25) is 0 Å². The molecule has 1 aliphatic rings. The lowest BCUT2D eigenvalue weighted by atomic mass is 10.1. The van der Waals surface area contributed by atoms with E-state index in [-0.39, 0.29) is 5.97 Å². The molecule has 2 nitrogen and oxygen atoms in total. The van der Waals surface area contributed by atoms with Crippen molar-refractivity contribution in [2.45, 2.75) is 32.6 Å². The van der Waals surface area contributed by atoms with Crippen LogP contribution < -0.4 is 0 Å². The van der Waals surface area contributed by atoms with Gasteiger partial charge in [0.15, 0.2) is 0 Å². The molecule has 0 N–H and O–H groups in total. The number of hydrogen-bond acceptors (Lipinski definition) is 2. The summed E-state index contributed by atoms with van der Waals surface area (Å²) in [6.45, 7) is 2.39.